The minimum Gasteiger partial charge on any atom is -0.399 e. The Morgan fingerprint density at radius 2 is 0.922 bits per heavy atom. The lowest BCUT2D eigenvalue weighted by Gasteiger charge is -2.11. The first-order chi connectivity index (χ1) is 30.6. The Bertz CT molecular complexity index is 3520. The number of hydrogen-bond donors (Lipinski definition) is 1. The van der Waals surface area contributed by atoms with Gasteiger partial charge in [-0.1, -0.05) is 12.1 Å². The van der Waals surface area contributed by atoms with Gasteiger partial charge in [-0.15, -0.1) is 0 Å². The molecule has 0 aliphatic rings. The van der Waals surface area contributed by atoms with Crippen molar-refractivity contribution in [2.45, 2.75) is 5.75 Å². The number of hydrogen-bond acceptors (Lipinski definition) is 7. The highest BCUT2D eigenvalue weighted by Crippen LogP contribution is 2.35. The number of fused-ring (bicyclic) bond motifs is 2. The number of sulfone groups is 1. The van der Waals surface area contributed by atoms with E-state index in [0.29, 0.717) is 33.5 Å². The molecule has 0 fully saturated rings. The van der Waals surface area contributed by atoms with Gasteiger partial charge in [-0.3, -0.25) is 9.36 Å². The van der Waals surface area contributed by atoms with Crippen LogP contribution in [0.2, 0.25) is 0 Å². The van der Waals surface area contributed by atoms with E-state index in [1.54, 1.807) is 67.4 Å². The Morgan fingerprint density at radius 1 is 0.484 bits per heavy atom. The highest BCUT2D eigenvalue weighted by Gasteiger charge is 2.17. The van der Waals surface area contributed by atoms with Gasteiger partial charge in [0.1, 0.15) is 23.3 Å². The summed E-state index contributed by atoms with van der Waals surface area (Å²) in [4.78, 5) is 0. The second-order valence-electron chi connectivity index (χ2n) is 15.5. The van der Waals surface area contributed by atoms with Crippen LogP contribution in [0.25, 0.3) is 77.8 Å². The van der Waals surface area contributed by atoms with Crippen LogP contribution in [0.1, 0.15) is 5.56 Å². The van der Waals surface area contributed by atoms with E-state index in [2.05, 4.69) is 20.4 Å². The number of pyridine rings is 2. The molecule has 0 unspecified atom stereocenters. The van der Waals surface area contributed by atoms with E-state index in [0.717, 1.165) is 68.4 Å². The lowest BCUT2D eigenvalue weighted by Crippen LogP contribution is -2.01. The Hall–Kier alpha value is -7.85. The fourth-order valence-electron chi connectivity index (χ4n) is 7.69. The van der Waals surface area contributed by atoms with Crippen LogP contribution in [-0.4, -0.2) is 53.5 Å². The summed E-state index contributed by atoms with van der Waals surface area (Å²) in [6.45, 7) is 0. The molecule has 0 spiro atoms. The van der Waals surface area contributed by atoms with Crippen molar-refractivity contribution in [2.75, 3.05) is 12.0 Å². The summed E-state index contributed by atoms with van der Waals surface area (Å²) in [6, 6.07) is 25.2. The fourth-order valence-corrected chi connectivity index (χ4v) is 8.47. The highest BCUT2D eigenvalue weighted by molar-refractivity contribution is 7.89. The standard InChI is InChI=1S/C25H20F2N4O2S.C23H17F2N5/c1-30-13-20(11-28-30)17-3-6-25-23(12-29-31(25)14-17)19-8-16(15-34(2,32)33)7-18(9-19)22-5-4-21(26)10-24(22)27;1-29-12-17(10-27-29)14-2-5-23-21(11-28-30(23)13-14)16-6-15(7-19(26)8-16)20-4-3-18(24)9-22(20)25/h3-14H,15H2,1-2H3;2-13H,26H2,1H3. The maximum Gasteiger partial charge on any atom is 0.151 e. The monoisotopic (exact) mass is 879 g/mol. The van der Waals surface area contributed by atoms with Crippen LogP contribution >= 0.6 is 0 Å². The summed E-state index contributed by atoms with van der Waals surface area (Å²) >= 11 is 0. The molecule has 6 heterocycles. The van der Waals surface area contributed by atoms with Gasteiger partial charge in [-0.2, -0.15) is 20.4 Å². The number of nitrogen functional groups attached to an aromatic ring is 1. The minimum atomic E-state index is -3.34. The average molecular weight is 880 g/mol. The third-order valence-electron chi connectivity index (χ3n) is 10.6. The number of nitrogens with two attached hydrogens (primary N) is 1. The van der Waals surface area contributed by atoms with Crippen LogP contribution in [0.15, 0.2) is 147 Å². The van der Waals surface area contributed by atoms with Crippen LogP contribution in [-0.2, 0) is 29.7 Å². The summed E-state index contributed by atoms with van der Waals surface area (Å²) in [5.41, 5.74) is 17.3. The lowest BCUT2D eigenvalue weighted by molar-refractivity contribution is 0.585. The number of aromatic nitrogens is 8. The summed E-state index contributed by atoms with van der Waals surface area (Å²) in [5.74, 6) is -2.86. The van der Waals surface area contributed by atoms with Crippen LogP contribution < -0.4 is 5.73 Å². The van der Waals surface area contributed by atoms with Gasteiger partial charge in [0.15, 0.2) is 9.84 Å². The molecule has 10 rings (SSSR count). The van der Waals surface area contributed by atoms with Crippen LogP contribution in [0.4, 0.5) is 23.2 Å². The number of nitrogens with zero attached hydrogens (tertiary/aromatic N) is 8. The molecule has 0 saturated heterocycles. The summed E-state index contributed by atoms with van der Waals surface area (Å²) in [7, 11) is 0.379. The predicted octanol–water partition coefficient (Wildman–Crippen LogP) is 9.82. The number of benzene rings is 4. The zero-order valence-electron chi connectivity index (χ0n) is 34.5. The normalized spacial score (nSPS) is 11.6. The van der Waals surface area contributed by atoms with Crippen molar-refractivity contribution in [3.8, 4) is 66.8 Å². The highest BCUT2D eigenvalue weighted by atomic mass is 32.2. The van der Waals surface area contributed by atoms with Gasteiger partial charge in [-0.25, -0.2) is 35.0 Å². The molecule has 4 aromatic carbocycles. The molecule has 320 valence electrons. The minimum absolute atomic E-state index is 0.188. The van der Waals surface area contributed by atoms with Gasteiger partial charge in [0.05, 0.1) is 41.6 Å². The van der Waals surface area contributed by atoms with Crippen molar-refractivity contribution in [3.63, 3.8) is 0 Å². The molecule has 6 aromatic heterocycles. The fraction of sp³-hybridized carbons (Fsp3) is 0.0833. The maximum atomic E-state index is 14.6. The molecule has 0 radical (unpaired) electrons. The van der Waals surface area contributed by atoms with E-state index in [1.165, 1.54) is 24.3 Å². The van der Waals surface area contributed by atoms with Gasteiger partial charge in [0, 0.05) is 107 Å². The van der Waals surface area contributed by atoms with Gasteiger partial charge >= 0.3 is 0 Å². The topological polar surface area (TPSA) is 130 Å². The van der Waals surface area contributed by atoms with E-state index in [1.807, 2.05) is 75.3 Å². The lowest BCUT2D eigenvalue weighted by atomic mass is 9.96. The van der Waals surface area contributed by atoms with E-state index in [9.17, 15) is 26.0 Å². The molecular formula is C48H37F4N9O2S. The Balaban J connectivity index is 0.000000163. The first-order valence-electron chi connectivity index (χ1n) is 19.7. The largest absolute Gasteiger partial charge is 0.399 e. The van der Waals surface area contributed by atoms with E-state index in [4.69, 9.17) is 5.73 Å². The van der Waals surface area contributed by atoms with Crippen LogP contribution in [0.5, 0.6) is 0 Å². The third-order valence-corrected chi connectivity index (χ3v) is 11.4. The van der Waals surface area contributed by atoms with Crippen molar-refractivity contribution in [1.29, 1.82) is 0 Å². The van der Waals surface area contributed by atoms with Crippen LogP contribution in [0.3, 0.4) is 0 Å². The molecule has 16 heteroatoms. The molecule has 0 aliphatic heterocycles. The van der Waals surface area contributed by atoms with Crippen molar-refractivity contribution in [2.24, 2.45) is 14.1 Å². The zero-order valence-corrected chi connectivity index (χ0v) is 35.3. The molecular weight excluding hydrogens is 843 g/mol. The van der Waals surface area contributed by atoms with E-state index >= 15 is 0 Å². The molecule has 0 bridgehead atoms. The Kier molecular flexibility index (Phi) is 10.7. The SMILES string of the molecule is Cn1cc(-c2ccc3c(-c4cc(CS(C)(=O)=O)cc(-c5ccc(F)cc5F)c4)cnn3c2)cn1.Cn1cc(-c2ccc3c(-c4cc(N)cc(-c5ccc(F)cc5F)c4)cnn3c2)cn1. The number of anilines is 1. The Morgan fingerprint density at radius 3 is 1.34 bits per heavy atom. The smallest absolute Gasteiger partial charge is 0.151 e. The molecule has 10 aromatic rings. The summed E-state index contributed by atoms with van der Waals surface area (Å²) in [5, 5.41) is 17.4. The first-order valence-corrected chi connectivity index (χ1v) is 21.8. The van der Waals surface area contributed by atoms with Gasteiger partial charge in [0.25, 0.3) is 0 Å². The van der Waals surface area contributed by atoms with Gasteiger partial charge in [0.2, 0.25) is 0 Å². The molecule has 0 atom stereocenters. The van der Waals surface area contributed by atoms with Gasteiger partial charge in [-0.05, 0) is 101 Å². The quantitative estimate of drug-likeness (QED) is 0.119. The maximum absolute atomic E-state index is 14.6. The molecule has 11 nitrogen and oxygen atoms in total. The second kappa shape index (κ2) is 16.4. The number of halogens is 4. The van der Waals surface area contributed by atoms with Gasteiger partial charge < -0.3 is 5.73 Å². The molecule has 0 aliphatic carbocycles. The number of rotatable bonds is 8. The van der Waals surface area contributed by atoms with E-state index < -0.39 is 33.1 Å². The average Bonchev–Trinajstić information content (AvgIpc) is 4.06. The zero-order chi connectivity index (χ0) is 44.9. The first kappa shape index (κ1) is 41.5. The van der Waals surface area contributed by atoms with Crippen LogP contribution in [0, 0.1) is 23.3 Å². The Labute approximate surface area is 364 Å². The second-order valence-corrected chi connectivity index (χ2v) is 17.6. The van der Waals surface area contributed by atoms with E-state index in [-0.39, 0.29) is 11.3 Å². The molecule has 0 saturated carbocycles. The molecule has 2 N–H and O–H groups in total. The third kappa shape index (κ3) is 8.63. The summed E-state index contributed by atoms with van der Waals surface area (Å²) in [6.07, 6.45) is 15.8. The molecule has 64 heavy (non-hydrogen) atoms. The number of aryl methyl sites for hydroxylation is 2. The molecule has 0 amide bonds. The summed E-state index contributed by atoms with van der Waals surface area (Å²) < 4.78 is 86.6. The van der Waals surface area contributed by atoms with Crippen molar-refractivity contribution >= 4 is 26.6 Å². The van der Waals surface area contributed by atoms with Crippen molar-refractivity contribution in [1.82, 2.24) is 38.8 Å². The van der Waals surface area contributed by atoms with Crippen molar-refractivity contribution < 1.29 is 26.0 Å². The predicted molar refractivity (Wildman–Crippen MR) is 239 cm³/mol. The van der Waals surface area contributed by atoms with Crippen molar-refractivity contribution in [3.05, 3.63) is 175 Å².